The summed E-state index contributed by atoms with van der Waals surface area (Å²) in [5.41, 5.74) is 12.3. The Morgan fingerprint density at radius 1 is 1.10 bits per heavy atom. The fraction of sp³-hybridized carbons (Fsp3) is 0.0667. The number of anilines is 1. The van der Waals surface area contributed by atoms with Gasteiger partial charge in [-0.2, -0.15) is 0 Å². The Labute approximate surface area is 116 Å². The molecule has 0 amide bonds. The van der Waals surface area contributed by atoms with E-state index in [0.717, 1.165) is 22.0 Å². The number of nitrogens with two attached hydrogens (primary N) is 2. The summed E-state index contributed by atoms with van der Waals surface area (Å²) in [5.74, 6) is 5.70. The van der Waals surface area contributed by atoms with Gasteiger partial charge >= 0.3 is 0 Å². The quantitative estimate of drug-likeness (QED) is 0.496. The maximum atomic E-state index is 6.00. The summed E-state index contributed by atoms with van der Waals surface area (Å²) < 4.78 is 0. The van der Waals surface area contributed by atoms with E-state index >= 15 is 0 Å². The molecule has 0 saturated carbocycles. The van der Waals surface area contributed by atoms with Gasteiger partial charge in [0.2, 0.25) is 0 Å². The molecular formula is C15H15N5. The highest BCUT2D eigenvalue weighted by atomic mass is 15.2. The molecule has 0 aliphatic carbocycles. The predicted octanol–water partition coefficient (Wildman–Crippen LogP) is 1.76. The van der Waals surface area contributed by atoms with E-state index in [1.807, 2.05) is 24.3 Å². The van der Waals surface area contributed by atoms with Crippen molar-refractivity contribution in [3.8, 4) is 0 Å². The van der Waals surface area contributed by atoms with Crippen LogP contribution in [0, 0.1) is 0 Å². The van der Waals surface area contributed by atoms with Crippen LogP contribution in [0.4, 0.5) is 5.69 Å². The van der Waals surface area contributed by atoms with Gasteiger partial charge in [0.15, 0.2) is 0 Å². The minimum Gasteiger partial charge on any atom is -0.398 e. The molecule has 1 aromatic carbocycles. The van der Waals surface area contributed by atoms with Crippen molar-refractivity contribution < 1.29 is 0 Å². The molecule has 1 unspecified atom stereocenters. The zero-order chi connectivity index (χ0) is 13.9. The van der Waals surface area contributed by atoms with Crippen molar-refractivity contribution in [2.45, 2.75) is 6.04 Å². The second-order valence-electron chi connectivity index (χ2n) is 4.56. The van der Waals surface area contributed by atoms with Gasteiger partial charge in [-0.05, 0) is 29.8 Å². The third-order valence-electron chi connectivity index (χ3n) is 3.33. The van der Waals surface area contributed by atoms with Gasteiger partial charge in [-0.15, -0.1) is 0 Å². The Hall–Kier alpha value is -2.50. The van der Waals surface area contributed by atoms with E-state index in [9.17, 15) is 0 Å². The summed E-state index contributed by atoms with van der Waals surface area (Å²) in [6.45, 7) is 0. The lowest BCUT2D eigenvalue weighted by Crippen LogP contribution is -2.29. The smallest absolute Gasteiger partial charge is 0.0745 e. The van der Waals surface area contributed by atoms with Crippen LogP contribution < -0.4 is 17.0 Å². The molecule has 3 rings (SSSR count). The lowest BCUT2D eigenvalue weighted by atomic mass is 9.98. The van der Waals surface area contributed by atoms with Gasteiger partial charge in [-0.25, -0.2) is 5.43 Å². The monoisotopic (exact) mass is 265 g/mol. The molecule has 0 saturated heterocycles. The van der Waals surface area contributed by atoms with Gasteiger partial charge < -0.3 is 5.73 Å². The van der Waals surface area contributed by atoms with Crippen LogP contribution in [-0.2, 0) is 0 Å². The van der Waals surface area contributed by atoms with Crippen LogP contribution in [0.1, 0.15) is 17.2 Å². The fourth-order valence-corrected chi connectivity index (χ4v) is 2.30. The predicted molar refractivity (Wildman–Crippen MR) is 79.6 cm³/mol. The lowest BCUT2D eigenvalue weighted by Gasteiger charge is -2.18. The molecule has 5 N–H and O–H groups in total. The van der Waals surface area contributed by atoms with E-state index in [0.29, 0.717) is 5.69 Å². The molecule has 0 bridgehead atoms. The maximum absolute atomic E-state index is 6.00. The number of rotatable bonds is 3. The standard InChI is InChI=1S/C15H15N5/c16-13-5-7-18-9-12(13)15(20-17)11-3-4-14-10(8-11)2-1-6-19-14/h1-9,15,20H,17H2,(H2,16,18). The molecule has 100 valence electrons. The number of benzene rings is 1. The van der Waals surface area contributed by atoms with Gasteiger partial charge in [0.1, 0.15) is 0 Å². The minimum atomic E-state index is -0.201. The average molecular weight is 265 g/mol. The molecule has 0 radical (unpaired) electrons. The molecule has 2 heterocycles. The van der Waals surface area contributed by atoms with Gasteiger partial charge in [0, 0.05) is 35.2 Å². The largest absolute Gasteiger partial charge is 0.398 e. The number of nitrogens with zero attached hydrogens (tertiary/aromatic N) is 2. The van der Waals surface area contributed by atoms with Crippen LogP contribution in [0.3, 0.4) is 0 Å². The van der Waals surface area contributed by atoms with E-state index in [1.165, 1.54) is 0 Å². The van der Waals surface area contributed by atoms with E-state index in [4.69, 9.17) is 11.6 Å². The topological polar surface area (TPSA) is 89.8 Å². The van der Waals surface area contributed by atoms with Crippen molar-refractivity contribution in [2.24, 2.45) is 5.84 Å². The van der Waals surface area contributed by atoms with Crippen LogP contribution in [0.25, 0.3) is 10.9 Å². The van der Waals surface area contributed by atoms with Gasteiger partial charge in [0.25, 0.3) is 0 Å². The van der Waals surface area contributed by atoms with Crippen molar-refractivity contribution in [1.82, 2.24) is 15.4 Å². The van der Waals surface area contributed by atoms with E-state index in [1.54, 1.807) is 24.7 Å². The molecule has 20 heavy (non-hydrogen) atoms. The number of hydrazine groups is 1. The molecule has 0 spiro atoms. The highest BCUT2D eigenvalue weighted by molar-refractivity contribution is 5.79. The number of hydrogen-bond acceptors (Lipinski definition) is 5. The summed E-state index contributed by atoms with van der Waals surface area (Å²) in [6, 6.07) is 11.5. The third kappa shape index (κ3) is 2.20. The van der Waals surface area contributed by atoms with Crippen LogP contribution >= 0.6 is 0 Å². The number of nitrogens with one attached hydrogen (secondary N) is 1. The van der Waals surface area contributed by atoms with Crippen LogP contribution in [0.5, 0.6) is 0 Å². The van der Waals surface area contributed by atoms with Crippen molar-refractivity contribution in [3.05, 3.63) is 66.1 Å². The van der Waals surface area contributed by atoms with Crippen molar-refractivity contribution in [1.29, 1.82) is 0 Å². The summed E-state index contributed by atoms with van der Waals surface area (Å²) in [7, 11) is 0. The first kappa shape index (κ1) is 12.5. The Morgan fingerprint density at radius 2 is 2.00 bits per heavy atom. The van der Waals surface area contributed by atoms with E-state index in [2.05, 4.69) is 21.5 Å². The Bertz CT molecular complexity index is 741. The summed E-state index contributed by atoms with van der Waals surface area (Å²) in [5, 5.41) is 1.06. The Balaban J connectivity index is 2.10. The first-order chi connectivity index (χ1) is 9.79. The molecule has 1 atom stereocenters. The Morgan fingerprint density at radius 3 is 2.80 bits per heavy atom. The number of nitrogen functional groups attached to an aromatic ring is 1. The number of pyridine rings is 2. The first-order valence-corrected chi connectivity index (χ1v) is 6.30. The molecule has 5 heteroatoms. The summed E-state index contributed by atoms with van der Waals surface area (Å²) in [4.78, 5) is 8.42. The summed E-state index contributed by atoms with van der Waals surface area (Å²) >= 11 is 0. The molecule has 0 aliphatic heterocycles. The zero-order valence-electron chi connectivity index (χ0n) is 10.8. The molecule has 5 nitrogen and oxygen atoms in total. The molecular weight excluding hydrogens is 250 g/mol. The fourth-order valence-electron chi connectivity index (χ4n) is 2.30. The molecule has 0 aliphatic rings. The maximum Gasteiger partial charge on any atom is 0.0745 e. The van der Waals surface area contributed by atoms with Gasteiger partial charge in [0.05, 0.1) is 11.6 Å². The molecule has 0 fully saturated rings. The average Bonchev–Trinajstić information content (AvgIpc) is 2.50. The second kappa shape index (κ2) is 5.24. The van der Waals surface area contributed by atoms with Gasteiger partial charge in [-0.1, -0.05) is 12.1 Å². The number of fused-ring (bicyclic) bond motifs is 1. The lowest BCUT2D eigenvalue weighted by molar-refractivity contribution is 0.637. The highest BCUT2D eigenvalue weighted by Gasteiger charge is 2.15. The highest BCUT2D eigenvalue weighted by Crippen LogP contribution is 2.27. The van der Waals surface area contributed by atoms with E-state index < -0.39 is 0 Å². The van der Waals surface area contributed by atoms with Crippen LogP contribution in [0.2, 0.25) is 0 Å². The van der Waals surface area contributed by atoms with Crippen molar-refractivity contribution >= 4 is 16.6 Å². The zero-order valence-corrected chi connectivity index (χ0v) is 10.8. The number of aromatic nitrogens is 2. The van der Waals surface area contributed by atoms with Crippen molar-refractivity contribution in [2.75, 3.05) is 5.73 Å². The first-order valence-electron chi connectivity index (χ1n) is 6.30. The Kier molecular flexibility index (Phi) is 3.28. The number of hydrogen-bond donors (Lipinski definition) is 3. The van der Waals surface area contributed by atoms with Crippen molar-refractivity contribution in [3.63, 3.8) is 0 Å². The summed E-state index contributed by atoms with van der Waals surface area (Å²) in [6.07, 6.45) is 5.17. The van der Waals surface area contributed by atoms with Gasteiger partial charge in [-0.3, -0.25) is 15.8 Å². The van der Waals surface area contributed by atoms with E-state index in [-0.39, 0.29) is 6.04 Å². The van der Waals surface area contributed by atoms with Crippen LogP contribution in [0.15, 0.2) is 55.0 Å². The minimum absolute atomic E-state index is 0.201. The second-order valence-corrected chi connectivity index (χ2v) is 4.56. The SMILES string of the molecule is NNC(c1ccc2ncccc2c1)c1cnccc1N. The molecule has 3 aromatic rings. The normalized spacial score (nSPS) is 12.4. The van der Waals surface area contributed by atoms with Crippen LogP contribution in [-0.4, -0.2) is 9.97 Å². The molecule has 2 aromatic heterocycles. The third-order valence-corrected chi connectivity index (χ3v) is 3.33.